The van der Waals surface area contributed by atoms with E-state index < -0.39 is 17.7 Å². The van der Waals surface area contributed by atoms with Gasteiger partial charge in [0.2, 0.25) is 0 Å². The SMILES string of the molecule is COc1ccc(OCCCC(C(=O)O)c2cccc(F)c2)cc1. The average Bonchev–Trinajstić information content (AvgIpc) is 2.55. The monoisotopic (exact) mass is 318 g/mol. The molecular formula is C18H19FO4. The van der Waals surface area contributed by atoms with E-state index in [4.69, 9.17) is 9.47 Å². The lowest BCUT2D eigenvalue weighted by Gasteiger charge is -2.13. The average molecular weight is 318 g/mol. The zero-order valence-corrected chi connectivity index (χ0v) is 12.9. The van der Waals surface area contributed by atoms with Crippen molar-refractivity contribution in [3.05, 3.63) is 59.9 Å². The molecule has 2 aromatic carbocycles. The number of halogens is 1. The fourth-order valence-corrected chi connectivity index (χ4v) is 2.31. The second kappa shape index (κ2) is 8.17. The third-order valence-corrected chi connectivity index (χ3v) is 3.51. The van der Waals surface area contributed by atoms with Crippen molar-refractivity contribution in [2.75, 3.05) is 13.7 Å². The molecule has 122 valence electrons. The molecule has 0 saturated heterocycles. The van der Waals surface area contributed by atoms with Gasteiger partial charge >= 0.3 is 5.97 Å². The summed E-state index contributed by atoms with van der Waals surface area (Å²) in [6, 6.07) is 12.9. The molecule has 0 aromatic heterocycles. The first kappa shape index (κ1) is 16.8. The molecule has 4 nitrogen and oxygen atoms in total. The van der Waals surface area contributed by atoms with E-state index in [1.807, 2.05) is 0 Å². The van der Waals surface area contributed by atoms with Crippen LogP contribution in [-0.2, 0) is 4.79 Å². The number of benzene rings is 2. The van der Waals surface area contributed by atoms with Gasteiger partial charge in [-0.2, -0.15) is 0 Å². The van der Waals surface area contributed by atoms with Crippen molar-refractivity contribution in [3.63, 3.8) is 0 Å². The molecule has 23 heavy (non-hydrogen) atoms. The minimum absolute atomic E-state index is 0.384. The van der Waals surface area contributed by atoms with Crippen molar-refractivity contribution in [2.45, 2.75) is 18.8 Å². The van der Waals surface area contributed by atoms with Gasteiger partial charge in [0.25, 0.3) is 0 Å². The number of methoxy groups -OCH3 is 1. The van der Waals surface area contributed by atoms with Gasteiger partial charge in [0, 0.05) is 0 Å². The first-order valence-electron chi connectivity index (χ1n) is 7.35. The highest BCUT2D eigenvalue weighted by atomic mass is 19.1. The van der Waals surface area contributed by atoms with Crippen LogP contribution in [0, 0.1) is 5.82 Å². The summed E-state index contributed by atoms with van der Waals surface area (Å²) in [5, 5.41) is 9.31. The summed E-state index contributed by atoms with van der Waals surface area (Å²) < 4.78 is 23.9. The van der Waals surface area contributed by atoms with Crippen molar-refractivity contribution in [3.8, 4) is 11.5 Å². The number of carboxylic acid groups (broad SMARTS) is 1. The van der Waals surface area contributed by atoms with Gasteiger partial charge < -0.3 is 14.6 Å². The topological polar surface area (TPSA) is 55.8 Å². The Morgan fingerprint density at radius 1 is 1.17 bits per heavy atom. The van der Waals surface area contributed by atoms with E-state index in [-0.39, 0.29) is 0 Å². The molecule has 0 heterocycles. The predicted octanol–water partition coefficient (Wildman–Crippen LogP) is 3.86. The highest BCUT2D eigenvalue weighted by Crippen LogP contribution is 2.23. The van der Waals surface area contributed by atoms with Gasteiger partial charge in [-0.1, -0.05) is 12.1 Å². The molecule has 0 spiro atoms. The van der Waals surface area contributed by atoms with Crippen LogP contribution in [0.2, 0.25) is 0 Å². The minimum Gasteiger partial charge on any atom is -0.497 e. The Kier molecular flexibility index (Phi) is 5.97. The third-order valence-electron chi connectivity index (χ3n) is 3.51. The summed E-state index contributed by atoms with van der Waals surface area (Å²) in [4.78, 5) is 11.4. The maximum atomic E-state index is 13.2. The van der Waals surface area contributed by atoms with Gasteiger partial charge in [0.15, 0.2) is 0 Å². The van der Waals surface area contributed by atoms with Crippen molar-refractivity contribution in [1.82, 2.24) is 0 Å². The van der Waals surface area contributed by atoms with Gasteiger partial charge in [0.1, 0.15) is 17.3 Å². The lowest BCUT2D eigenvalue weighted by molar-refractivity contribution is -0.139. The molecular weight excluding hydrogens is 299 g/mol. The number of hydrogen-bond acceptors (Lipinski definition) is 3. The molecule has 0 saturated carbocycles. The van der Waals surface area contributed by atoms with Crippen molar-refractivity contribution in [2.24, 2.45) is 0 Å². The summed E-state index contributed by atoms with van der Waals surface area (Å²) in [6.45, 7) is 0.394. The van der Waals surface area contributed by atoms with E-state index in [1.165, 1.54) is 18.2 Å². The Balaban J connectivity index is 1.86. The van der Waals surface area contributed by atoms with Crippen LogP contribution >= 0.6 is 0 Å². The summed E-state index contributed by atoms with van der Waals surface area (Å²) in [6.07, 6.45) is 0.939. The van der Waals surface area contributed by atoms with Gasteiger partial charge in [-0.15, -0.1) is 0 Å². The summed E-state index contributed by atoms with van der Waals surface area (Å²) >= 11 is 0. The molecule has 0 aliphatic rings. The van der Waals surface area contributed by atoms with Gasteiger partial charge in [0.05, 0.1) is 19.6 Å². The van der Waals surface area contributed by atoms with E-state index >= 15 is 0 Å². The van der Waals surface area contributed by atoms with Crippen LogP contribution in [0.4, 0.5) is 4.39 Å². The number of hydrogen-bond donors (Lipinski definition) is 1. The van der Waals surface area contributed by atoms with Crippen LogP contribution in [-0.4, -0.2) is 24.8 Å². The fraction of sp³-hybridized carbons (Fsp3) is 0.278. The van der Waals surface area contributed by atoms with Crippen LogP contribution in [0.1, 0.15) is 24.3 Å². The molecule has 0 aliphatic heterocycles. The van der Waals surface area contributed by atoms with Crippen molar-refractivity contribution in [1.29, 1.82) is 0 Å². The molecule has 2 aromatic rings. The zero-order valence-electron chi connectivity index (χ0n) is 12.9. The highest BCUT2D eigenvalue weighted by molar-refractivity contribution is 5.76. The van der Waals surface area contributed by atoms with Crippen LogP contribution in [0.5, 0.6) is 11.5 Å². The minimum atomic E-state index is -0.958. The van der Waals surface area contributed by atoms with Gasteiger partial charge in [-0.25, -0.2) is 4.39 Å². The molecule has 1 N–H and O–H groups in total. The van der Waals surface area contributed by atoms with Crippen LogP contribution in [0.25, 0.3) is 0 Å². The van der Waals surface area contributed by atoms with Crippen LogP contribution in [0.3, 0.4) is 0 Å². The predicted molar refractivity (Wildman–Crippen MR) is 84.5 cm³/mol. The maximum Gasteiger partial charge on any atom is 0.310 e. The number of carbonyl (C=O) groups is 1. The number of aliphatic carboxylic acids is 1. The second-order valence-electron chi connectivity index (χ2n) is 5.11. The Hall–Kier alpha value is -2.56. The molecule has 0 fully saturated rings. The Labute approximate surface area is 134 Å². The standard InChI is InChI=1S/C18H19FO4/c1-22-15-7-9-16(10-8-15)23-11-3-6-17(18(20)21)13-4-2-5-14(19)12-13/h2,4-5,7-10,12,17H,3,6,11H2,1H3,(H,20,21). The van der Waals surface area contributed by atoms with Gasteiger partial charge in [-0.3, -0.25) is 4.79 Å². The number of ether oxygens (including phenoxy) is 2. The normalized spacial score (nSPS) is 11.7. The fourth-order valence-electron chi connectivity index (χ4n) is 2.31. The molecule has 1 atom stereocenters. The molecule has 0 radical (unpaired) electrons. The molecule has 1 unspecified atom stereocenters. The van der Waals surface area contributed by atoms with E-state index in [2.05, 4.69) is 0 Å². The third kappa shape index (κ3) is 4.98. The number of rotatable bonds is 8. The lowest BCUT2D eigenvalue weighted by atomic mass is 9.94. The Morgan fingerprint density at radius 3 is 2.48 bits per heavy atom. The largest absolute Gasteiger partial charge is 0.497 e. The van der Waals surface area contributed by atoms with Crippen molar-refractivity contribution >= 4 is 5.97 Å². The second-order valence-corrected chi connectivity index (χ2v) is 5.11. The van der Waals surface area contributed by atoms with Crippen LogP contribution < -0.4 is 9.47 Å². The smallest absolute Gasteiger partial charge is 0.310 e. The van der Waals surface area contributed by atoms with Gasteiger partial charge in [-0.05, 0) is 54.8 Å². The molecule has 0 bridgehead atoms. The zero-order chi connectivity index (χ0) is 16.7. The van der Waals surface area contributed by atoms with E-state index in [0.29, 0.717) is 30.8 Å². The summed E-state index contributed by atoms with van der Waals surface area (Å²) in [7, 11) is 1.59. The van der Waals surface area contributed by atoms with E-state index in [1.54, 1.807) is 37.4 Å². The summed E-state index contributed by atoms with van der Waals surface area (Å²) in [5.41, 5.74) is 0.474. The maximum absolute atomic E-state index is 13.2. The summed E-state index contributed by atoms with van der Waals surface area (Å²) in [5.74, 6) is -0.675. The Morgan fingerprint density at radius 2 is 1.87 bits per heavy atom. The molecule has 2 rings (SSSR count). The van der Waals surface area contributed by atoms with E-state index in [0.717, 1.165) is 5.75 Å². The van der Waals surface area contributed by atoms with Crippen molar-refractivity contribution < 1.29 is 23.8 Å². The number of carboxylic acids is 1. The quantitative estimate of drug-likeness (QED) is 0.751. The molecule has 0 amide bonds. The van der Waals surface area contributed by atoms with Crippen LogP contribution in [0.15, 0.2) is 48.5 Å². The molecule has 5 heteroatoms. The molecule has 0 aliphatic carbocycles. The Bertz CT molecular complexity index is 640. The lowest BCUT2D eigenvalue weighted by Crippen LogP contribution is -2.13. The first-order chi connectivity index (χ1) is 11.1. The highest BCUT2D eigenvalue weighted by Gasteiger charge is 2.19. The first-order valence-corrected chi connectivity index (χ1v) is 7.35. The van der Waals surface area contributed by atoms with E-state index in [9.17, 15) is 14.3 Å².